The number of hydrogen-bond donors (Lipinski definition) is 1. The van der Waals surface area contributed by atoms with Crippen LogP contribution in [-0.2, 0) is 9.47 Å². The van der Waals surface area contributed by atoms with Gasteiger partial charge in [-0.3, -0.25) is 14.9 Å². The molecule has 2 fully saturated rings. The monoisotopic (exact) mass is 363 g/mol. The molecule has 3 rings (SSSR count). The van der Waals surface area contributed by atoms with E-state index in [0.29, 0.717) is 30.3 Å². The summed E-state index contributed by atoms with van der Waals surface area (Å²) in [5.74, 6) is 0.161. The molecule has 2 aliphatic heterocycles. The van der Waals surface area contributed by atoms with Crippen molar-refractivity contribution in [3.8, 4) is 0 Å². The van der Waals surface area contributed by atoms with Gasteiger partial charge in [-0.25, -0.2) is 0 Å². The van der Waals surface area contributed by atoms with Gasteiger partial charge in [-0.1, -0.05) is 0 Å². The zero-order chi connectivity index (χ0) is 18.5. The molecule has 1 unspecified atom stereocenters. The standard InChI is InChI=1S/C18H25N3O5/c1-19-18(22)14-2-3-16(17(10-14)21(23)24)20-7-4-15(5-8-20)26-12-13-6-9-25-11-13/h2-3,10,13,15H,4-9,11-12H2,1H3,(H,19,22). The van der Waals surface area contributed by atoms with Crippen molar-refractivity contribution in [2.75, 3.05) is 44.9 Å². The van der Waals surface area contributed by atoms with Gasteiger partial charge in [-0.2, -0.15) is 0 Å². The molecule has 0 aliphatic carbocycles. The minimum Gasteiger partial charge on any atom is -0.381 e. The van der Waals surface area contributed by atoms with Crippen LogP contribution in [0.3, 0.4) is 0 Å². The first-order chi connectivity index (χ1) is 12.6. The molecule has 0 saturated carbocycles. The lowest BCUT2D eigenvalue weighted by Gasteiger charge is -2.33. The fraction of sp³-hybridized carbons (Fsp3) is 0.611. The van der Waals surface area contributed by atoms with Crippen molar-refractivity contribution in [1.82, 2.24) is 5.32 Å². The lowest BCUT2D eigenvalue weighted by molar-refractivity contribution is -0.384. The first-order valence-electron chi connectivity index (χ1n) is 9.03. The number of nitrogens with one attached hydrogen (secondary N) is 1. The third kappa shape index (κ3) is 4.31. The van der Waals surface area contributed by atoms with Crippen molar-refractivity contribution in [2.24, 2.45) is 5.92 Å². The number of amides is 1. The van der Waals surface area contributed by atoms with Crippen LogP contribution in [0.15, 0.2) is 18.2 Å². The van der Waals surface area contributed by atoms with Gasteiger partial charge >= 0.3 is 0 Å². The van der Waals surface area contributed by atoms with E-state index < -0.39 is 4.92 Å². The average molecular weight is 363 g/mol. The zero-order valence-electron chi connectivity index (χ0n) is 15.0. The van der Waals surface area contributed by atoms with E-state index in [2.05, 4.69) is 5.32 Å². The number of benzene rings is 1. The second-order valence-electron chi connectivity index (χ2n) is 6.79. The maximum atomic E-state index is 11.7. The predicted octanol–water partition coefficient (Wildman–Crippen LogP) is 1.98. The number of ether oxygens (including phenoxy) is 2. The SMILES string of the molecule is CNC(=O)c1ccc(N2CCC(OCC3CCOC3)CC2)c([N+](=O)[O-])c1. The van der Waals surface area contributed by atoms with Crippen LogP contribution < -0.4 is 10.2 Å². The molecule has 26 heavy (non-hydrogen) atoms. The number of nitrogens with zero attached hydrogens (tertiary/aromatic N) is 2. The second kappa shape index (κ2) is 8.46. The molecule has 1 aromatic rings. The fourth-order valence-electron chi connectivity index (χ4n) is 3.47. The van der Waals surface area contributed by atoms with E-state index in [4.69, 9.17) is 9.47 Å². The van der Waals surface area contributed by atoms with Gasteiger partial charge in [-0.15, -0.1) is 0 Å². The molecule has 1 atom stereocenters. The number of nitro benzene ring substituents is 1. The summed E-state index contributed by atoms with van der Waals surface area (Å²) in [7, 11) is 1.50. The Morgan fingerprint density at radius 3 is 2.77 bits per heavy atom. The molecule has 0 radical (unpaired) electrons. The Labute approximate surface area is 152 Å². The molecule has 1 aromatic carbocycles. The average Bonchev–Trinajstić information content (AvgIpc) is 3.19. The molecule has 0 aromatic heterocycles. The minimum atomic E-state index is -0.426. The lowest BCUT2D eigenvalue weighted by Crippen LogP contribution is -2.38. The molecule has 2 aliphatic rings. The molecular weight excluding hydrogens is 338 g/mol. The fourth-order valence-corrected chi connectivity index (χ4v) is 3.47. The number of carbonyl (C=O) groups excluding carboxylic acids is 1. The van der Waals surface area contributed by atoms with Gasteiger partial charge in [0.05, 0.1) is 24.2 Å². The highest BCUT2D eigenvalue weighted by molar-refractivity contribution is 5.95. The van der Waals surface area contributed by atoms with Crippen LogP contribution >= 0.6 is 0 Å². The van der Waals surface area contributed by atoms with Gasteiger partial charge in [0, 0.05) is 44.3 Å². The Bertz CT molecular complexity index is 652. The highest BCUT2D eigenvalue weighted by atomic mass is 16.6. The van der Waals surface area contributed by atoms with Crippen molar-refractivity contribution >= 4 is 17.3 Å². The number of hydrogen-bond acceptors (Lipinski definition) is 6. The quantitative estimate of drug-likeness (QED) is 0.613. The van der Waals surface area contributed by atoms with E-state index in [1.807, 2.05) is 4.90 Å². The maximum absolute atomic E-state index is 11.7. The van der Waals surface area contributed by atoms with E-state index in [9.17, 15) is 14.9 Å². The van der Waals surface area contributed by atoms with Crippen LogP contribution in [0.25, 0.3) is 0 Å². The van der Waals surface area contributed by atoms with E-state index in [1.54, 1.807) is 12.1 Å². The Morgan fingerprint density at radius 1 is 1.38 bits per heavy atom. The Hall–Kier alpha value is -2.19. The molecule has 1 N–H and O–H groups in total. The highest BCUT2D eigenvalue weighted by Gasteiger charge is 2.27. The van der Waals surface area contributed by atoms with Crippen LogP contribution in [0.5, 0.6) is 0 Å². The van der Waals surface area contributed by atoms with E-state index in [-0.39, 0.29) is 17.7 Å². The smallest absolute Gasteiger partial charge is 0.293 e. The zero-order valence-corrected chi connectivity index (χ0v) is 15.0. The van der Waals surface area contributed by atoms with E-state index in [0.717, 1.165) is 39.1 Å². The molecule has 0 bridgehead atoms. The topological polar surface area (TPSA) is 93.9 Å². The third-order valence-corrected chi connectivity index (χ3v) is 5.04. The number of piperidine rings is 1. The molecular formula is C18H25N3O5. The summed E-state index contributed by atoms with van der Waals surface area (Å²) in [4.78, 5) is 24.8. The normalized spacial score (nSPS) is 21.0. The van der Waals surface area contributed by atoms with E-state index >= 15 is 0 Å². The van der Waals surface area contributed by atoms with Crippen LogP contribution in [0.4, 0.5) is 11.4 Å². The number of rotatable bonds is 6. The van der Waals surface area contributed by atoms with Gasteiger partial charge in [-0.05, 0) is 31.4 Å². The Kier molecular flexibility index (Phi) is 6.05. The molecule has 142 valence electrons. The van der Waals surface area contributed by atoms with Gasteiger partial charge in [0.1, 0.15) is 5.69 Å². The van der Waals surface area contributed by atoms with Crippen LogP contribution in [-0.4, -0.2) is 56.9 Å². The van der Waals surface area contributed by atoms with Crippen molar-refractivity contribution in [3.05, 3.63) is 33.9 Å². The summed E-state index contributed by atoms with van der Waals surface area (Å²) < 4.78 is 11.4. The second-order valence-corrected chi connectivity index (χ2v) is 6.79. The molecule has 2 heterocycles. The molecule has 2 saturated heterocycles. The predicted molar refractivity (Wildman–Crippen MR) is 96.6 cm³/mol. The summed E-state index contributed by atoms with van der Waals surface area (Å²) >= 11 is 0. The lowest BCUT2D eigenvalue weighted by atomic mass is 10.0. The van der Waals surface area contributed by atoms with Crippen LogP contribution in [0.1, 0.15) is 29.6 Å². The number of carbonyl (C=O) groups is 1. The largest absolute Gasteiger partial charge is 0.381 e. The van der Waals surface area contributed by atoms with Crippen molar-refractivity contribution < 1.29 is 19.2 Å². The van der Waals surface area contributed by atoms with Gasteiger partial charge in [0.2, 0.25) is 0 Å². The summed E-state index contributed by atoms with van der Waals surface area (Å²) in [5.41, 5.74) is 0.818. The number of nitro groups is 1. The van der Waals surface area contributed by atoms with Gasteiger partial charge < -0.3 is 19.7 Å². The van der Waals surface area contributed by atoms with Gasteiger partial charge in [0.25, 0.3) is 11.6 Å². The molecule has 8 heteroatoms. The van der Waals surface area contributed by atoms with Crippen LogP contribution in [0, 0.1) is 16.0 Å². The first-order valence-corrected chi connectivity index (χ1v) is 9.03. The molecule has 0 spiro atoms. The highest BCUT2D eigenvalue weighted by Crippen LogP contribution is 2.32. The van der Waals surface area contributed by atoms with Crippen molar-refractivity contribution in [3.63, 3.8) is 0 Å². The minimum absolute atomic E-state index is 0.0337. The van der Waals surface area contributed by atoms with Crippen molar-refractivity contribution in [2.45, 2.75) is 25.4 Å². The first kappa shape index (κ1) is 18.6. The number of anilines is 1. The molecule has 1 amide bonds. The Balaban J connectivity index is 1.61. The van der Waals surface area contributed by atoms with Gasteiger partial charge in [0.15, 0.2) is 0 Å². The van der Waals surface area contributed by atoms with E-state index in [1.165, 1.54) is 13.1 Å². The summed E-state index contributed by atoms with van der Waals surface area (Å²) in [6, 6.07) is 4.64. The Morgan fingerprint density at radius 2 is 2.15 bits per heavy atom. The summed E-state index contributed by atoms with van der Waals surface area (Å²) in [6.07, 6.45) is 2.92. The summed E-state index contributed by atoms with van der Waals surface area (Å²) in [6.45, 7) is 3.73. The summed E-state index contributed by atoms with van der Waals surface area (Å²) in [5, 5.41) is 13.9. The molecule has 8 nitrogen and oxygen atoms in total. The maximum Gasteiger partial charge on any atom is 0.293 e. The third-order valence-electron chi connectivity index (χ3n) is 5.04. The van der Waals surface area contributed by atoms with Crippen LogP contribution in [0.2, 0.25) is 0 Å². The van der Waals surface area contributed by atoms with Crippen molar-refractivity contribution in [1.29, 1.82) is 0 Å².